The number of rotatable bonds is 2. The van der Waals surface area contributed by atoms with Gasteiger partial charge in [0.05, 0.1) is 5.41 Å². The number of carbonyl (C=O) groups excluding carboxylic acids is 2. The van der Waals surface area contributed by atoms with E-state index < -0.39 is 0 Å². The van der Waals surface area contributed by atoms with Gasteiger partial charge in [-0.25, -0.2) is 4.79 Å². The summed E-state index contributed by atoms with van der Waals surface area (Å²) in [5.74, 6) is 0.832. The summed E-state index contributed by atoms with van der Waals surface area (Å²) in [5, 5.41) is 3.65. The summed E-state index contributed by atoms with van der Waals surface area (Å²) in [7, 11) is 2.17. The molecule has 1 aromatic rings. The Kier molecular flexibility index (Phi) is 5.41. The van der Waals surface area contributed by atoms with Crippen LogP contribution in [0.1, 0.15) is 38.5 Å². The molecule has 7 heteroatoms. The van der Waals surface area contributed by atoms with Crippen LogP contribution in [0.3, 0.4) is 0 Å². The second kappa shape index (κ2) is 7.96. The van der Waals surface area contributed by atoms with Crippen LogP contribution in [0, 0.1) is 16.7 Å². The van der Waals surface area contributed by atoms with Gasteiger partial charge < -0.3 is 20.0 Å². The predicted molar refractivity (Wildman–Crippen MR) is 122 cm³/mol. The van der Waals surface area contributed by atoms with Crippen LogP contribution in [0.4, 0.5) is 10.5 Å². The van der Waals surface area contributed by atoms with Crippen molar-refractivity contribution in [2.75, 3.05) is 51.6 Å². The molecule has 1 aliphatic carbocycles. The Labute approximate surface area is 189 Å². The highest BCUT2D eigenvalue weighted by molar-refractivity contribution is 6.30. The summed E-state index contributed by atoms with van der Waals surface area (Å²) in [5.41, 5.74) is 0.757. The molecule has 3 aliphatic heterocycles. The van der Waals surface area contributed by atoms with E-state index in [-0.39, 0.29) is 16.9 Å². The average Bonchev–Trinajstić information content (AvgIpc) is 3.48. The predicted octanol–water partition coefficient (Wildman–Crippen LogP) is 3.92. The van der Waals surface area contributed by atoms with Crippen LogP contribution in [0.25, 0.3) is 0 Å². The molecule has 0 bridgehead atoms. The lowest BCUT2D eigenvalue weighted by atomic mass is 9.65. The van der Waals surface area contributed by atoms with Crippen molar-refractivity contribution in [2.24, 2.45) is 16.7 Å². The first-order chi connectivity index (χ1) is 14.9. The van der Waals surface area contributed by atoms with Crippen molar-refractivity contribution >= 4 is 29.2 Å². The summed E-state index contributed by atoms with van der Waals surface area (Å²) >= 11 is 5.94. The Morgan fingerprint density at radius 1 is 0.968 bits per heavy atom. The molecule has 1 saturated carbocycles. The van der Waals surface area contributed by atoms with Gasteiger partial charge in [-0.15, -0.1) is 0 Å². The van der Waals surface area contributed by atoms with E-state index in [1.165, 1.54) is 0 Å². The fourth-order valence-electron chi connectivity index (χ4n) is 6.87. The first kappa shape index (κ1) is 21.1. The number of anilines is 1. The van der Waals surface area contributed by atoms with Crippen LogP contribution in [-0.2, 0) is 4.79 Å². The highest BCUT2D eigenvalue weighted by atomic mass is 35.5. The van der Waals surface area contributed by atoms with Crippen molar-refractivity contribution in [2.45, 2.75) is 38.5 Å². The second-order valence-electron chi connectivity index (χ2n) is 10.2. The van der Waals surface area contributed by atoms with Crippen molar-refractivity contribution in [1.29, 1.82) is 0 Å². The lowest BCUT2D eigenvalue weighted by Gasteiger charge is -2.44. The molecule has 5 rings (SSSR count). The first-order valence-electron chi connectivity index (χ1n) is 11.7. The number of likely N-dealkylation sites (tertiary alicyclic amines) is 3. The zero-order valence-corrected chi connectivity index (χ0v) is 19.2. The molecule has 31 heavy (non-hydrogen) atoms. The fraction of sp³-hybridized carbons (Fsp3) is 0.667. The van der Waals surface area contributed by atoms with Gasteiger partial charge in [-0.05, 0) is 81.2 Å². The van der Waals surface area contributed by atoms with E-state index in [0.29, 0.717) is 16.8 Å². The maximum Gasteiger partial charge on any atom is 0.321 e. The number of amides is 3. The summed E-state index contributed by atoms with van der Waals surface area (Å²) in [6.07, 6.45) is 6.41. The molecule has 6 nitrogen and oxygen atoms in total. The number of piperidine rings is 1. The van der Waals surface area contributed by atoms with Crippen LogP contribution >= 0.6 is 11.6 Å². The van der Waals surface area contributed by atoms with Gasteiger partial charge in [-0.2, -0.15) is 0 Å². The molecule has 1 N–H and O–H groups in total. The highest BCUT2D eigenvalue weighted by Crippen LogP contribution is 2.62. The fourth-order valence-corrected chi connectivity index (χ4v) is 7.00. The van der Waals surface area contributed by atoms with Gasteiger partial charge in [0.15, 0.2) is 0 Å². The topological polar surface area (TPSA) is 55.9 Å². The van der Waals surface area contributed by atoms with Crippen LogP contribution in [0.2, 0.25) is 5.02 Å². The molecule has 0 radical (unpaired) electrons. The number of hydrogen-bond donors (Lipinski definition) is 1. The van der Waals surface area contributed by atoms with Crippen molar-refractivity contribution in [3.05, 3.63) is 29.3 Å². The third kappa shape index (κ3) is 3.62. The second-order valence-corrected chi connectivity index (χ2v) is 10.6. The molecule has 1 aromatic carbocycles. The van der Waals surface area contributed by atoms with Crippen molar-refractivity contribution in [1.82, 2.24) is 14.7 Å². The number of hydrogen-bond acceptors (Lipinski definition) is 3. The van der Waals surface area contributed by atoms with Gasteiger partial charge >= 0.3 is 6.03 Å². The SMILES string of the molecule is CN1C[C@H]2C3(CCN(C(=O)Nc4ccc(Cl)cc4)CC3)CC[C@@]2(C(=O)N2CCCC2)C1. The third-order valence-corrected chi connectivity index (χ3v) is 8.73. The van der Waals surface area contributed by atoms with E-state index in [0.717, 1.165) is 83.5 Å². The van der Waals surface area contributed by atoms with Crippen LogP contribution in [0.15, 0.2) is 24.3 Å². The van der Waals surface area contributed by atoms with Crippen LogP contribution in [0.5, 0.6) is 0 Å². The van der Waals surface area contributed by atoms with Crippen molar-refractivity contribution in [3.8, 4) is 0 Å². The van der Waals surface area contributed by atoms with Crippen LogP contribution in [-0.4, -0.2) is 73.0 Å². The minimum atomic E-state index is -0.202. The van der Waals surface area contributed by atoms with Gasteiger partial charge in [-0.3, -0.25) is 4.79 Å². The quantitative estimate of drug-likeness (QED) is 0.752. The number of urea groups is 1. The number of halogens is 1. The zero-order valence-electron chi connectivity index (χ0n) is 18.4. The first-order valence-corrected chi connectivity index (χ1v) is 12.1. The minimum Gasteiger partial charge on any atom is -0.342 e. The Morgan fingerprint density at radius 3 is 2.32 bits per heavy atom. The largest absolute Gasteiger partial charge is 0.342 e. The summed E-state index contributed by atoms with van der Waals surface area (Å²) in [6, 6.07) is 7.19. The van der Waals surface area contributed by atoms with Gasteiger partial charge in [-0.1, -0.05) is 11.6 Å². The molecule has 4 aliphatic rings. The van der Waals surface area contributed by atoms with E-state index in [1.807, 2.05) is 17.0 Å². The van der Waals surface area contributed by atoms with E-state index in [4.69, 9.17) is 11.6 Å². The Morgan fingerprint density at radius 2 is 1.65 bits per heavy atom. The van der Waals surface area contributed by atoms with Crippen molar-refractivity contribution in [3.63, 3.8) is 0 Å². The molecule has 1 spiro atoms. The molecular formula is C24H33ClN4O2. The number of nitrogens with zero attached hydrogens (tertiary/aromatic N) is 3. The molecule has 0 aromatic heterocycles. The zero-order chi connectivity index (χ0) is 21.6. The molecule has 4 fully saturated rings. The summed E-state index contributed by atoms with van der Waals surface area (Å²) in [4.78, 5) is 32.9. The van der Waals surface area contributed by atoms with Crippen molar-refractivity contribution < 1.29 is 9.59 Å². The van der Waals surface area contributed by atoms with E-state index in [1.54, 1.807) is 12.1 Å². The molecule has 3 amide bonds. The molecule has 168 valence electrons. The highest BCUT2D eigenvalue weighted by Gasteiger charge is 2.64. The number of nitrogens with one attached hydrogen (secondary N) is 1. The Hall–Kier alpha value is -1.79. The van der Waals surface area contributed by atoms with E-state index >= 15 is 0 Å². The summed E-state index contributed by atoms with van der Waals surface area (Å²) in [6.45, 7) is 5.29. The van der Waals surface area contributed by atoms with Gasteiger partial charge in [0.1, 0.15) is 0 Å². The average molecular weight is 445 g/mol. The monoisotopic (exact) mass is 444 g/mol. The molecule has 0 unspecified atom stereocenters. The van der Waals surface area contributed by atoms with E-state index in [2.05, 4.69) is 22.2 Å². The number of benzene rings is 1. The third-order valence-electron chi connectivity index (χ3n) is 8.48. The number of carbonyl (C=O) groups is 2. The molecule has 2 atom stereocenters. The Bertz CT molecular complexity index is 846. The number of fused-ring (bicyclic) bond motifs is 2. The lowest BCUT2D eigenvalue weighted by Crippen LogP contribution is -2.50. The Balaban J connectivity index is 1.27. The van der Waals surface area contributed by atoms with Gasteiger partial charge in [0.25, 0.3) is 0 Å². The maximum absolute atomic E-state index is 13.6. The lowest BCUT2D eigenvalue weighted by molar-refractivity contribution is -0.142. The standard InChI is InChI=1S/C24H33ClN4O2/c1-27-16-20-23(8-9-24(20,17-27)21(30)28-12-2-3-13-28)10-14-29(15-11-23)22(31)26-19-6-4-18(25)5-7-19/h4-7,20H,2-3,8-17H2,1H3,(H,26,31)/t20-,24+/m0/s1. The molecular weight excluding hydrogens is 412 g/mol. The smallest absolute Gasteiger partial charge is 0.321 e. The van der Waals surface area contributed by atoms with Crippen LogP contribution < -0.4 is 5.32 Å². The van der Waals surface area contributed by atoms with Gasteiger partial charge in [0, 0.05) is 50.0 Å². The van der Waals surface area contributed by atoms with E-state index in [9.17, 15) is 9.59 Å². The molecule has 3 saturated heterocycles. The summed E-state index contributed by atoms with van der Waals surface area (Å²) < 4.78 is 0. The minimum absolute atomic E-state index is 0.0434. The molecule has 3 heterocycles. The van der Waals surface area contributed by atoms with Gasteiger partial charge in [0.2, 0.25) is 5.91 Å². The maximum atomic E-state index is 13.6. The normalized spacial score (nSPS) is 30.1.